The normalized spacial score (nSPS) is 12.0. The van der Waals surface area contributed by atoms with Crippen molar-refractivity contribution < 1.29 is 13.2 Å². The second-order valence-electron chi connectivity index (χ2n) is 4.95. The predicted molar refractivity (Wildman–Crippen MR) is 99.8 cm³/mol. The third kappa shape index (κ3) is 6.09. The van der Waals surface area contributed by atoms with Crippen molar-refractivity contribution in [2.45, 2.75) is 26.2 Å². The van der Waals surface area contributed by atoms with Crippen molar-refractivity contribution in [3.05, 3.63) is 28.2 Å². The maximum atomic E-state index is 12.6. The standard InChI is InChI=1S/C13H18F3N7S.HI/c1-4-17-12(22(2)6-10-19-8-20-23(10)3)18-5-11-21-9(7-24-11)13(14,15)16;/h7-8H,4-6H2,1-3H3,(H,17,18);1H. The van der Waals surface area contributed by atoms with E-state index in [4.69, 9.17) is 0 Å². The molecular weight excluding hydrogens is 470 g/mol. The molecule has 2 rings (SSSR count). The van der Waals surface area contributed by atoms with E-state index in [0.29, 0.717) is 24.1 Å². The summed E-state index contributed by atoms with van der Waals surface area (Å²) in [7, 11) is 3.60. The fourth-order valence-electron chi connectivity index (χ4n) is 1.88. The first-order valence-electron chi connectivity index (χ1n) is 7.15. The number of hydrogen-bond donors (Lipinski definition) is 1. The summed E-state index contributed by atoms with van der Waals surface area (Å²) in [5.74, 6) is 1.31. The molecule has 0 bridgehead atoms. The minimum absolute atomic E-state index is 0. The van der Waals surface area contributed by atoms with E-state index in [0.717, 1.165) is 22.5 Å². The molecule has 0 atom stereocenters. The van der Waals surface area contributed by atoms with Gasteiger partial charge in [-0.15, -0.1) is 35.3 Å². The molecule has 2 aromatic rings. The Bertz CT molecular complexity index is 698. The lowest BCUT2D eigenvalue weighted by molar-refractivity contribution is -0.140. The minimum Gasteiger partial charge on any atom is -0.357 e. The molecule has 0 aliphatic rings. The summed E-state index contributed by atoms with van der Waals surface area (Å²) in [5, 5.41) is 8.40. The zero-order valence-corrected chi connectivity index (χ0v) is 17.1. The zero-order chi connectivity index (χ0) is 17.7. The Morgan fingerprint density at radius 2 is 2.16 bits per heavy atom. The van der Waals surface area contributed by atoms with Crippen molar-refractivity contribution in [2.24, 2.45) is 12.0 Å². The van der Waals surface area contributed by atoms with Crippen LogP contribution in [-0.2, 0) is 26.3 Å². The van der Waals surface area contributed by atoms with Gasteiger partial charge < -0.3 is 10.2 Å². The summed E-state index contributed by atoms with van der Waals surface area (Å²) in [4.78, 5) is 13.9. The summed E-state index contributed by atoms with van der Waals surface area (Å²) < 4.78 is 39.4. The Morgan fingerprint density at radius 3 is 2.68 bits per heavy atom. The average Bonchev–Trinajstić information content (AvgIpc) is 3.13. The van der Waals surface area contributed by atoms with Crippen molar-refractivity contribution in [3.8, 4) is 0 Å². The first-order chi connectivity index (χ1) is 11.3. The first kappa shape index (κ1) is 21.6. The second-order valence-corrected chi connectivity index (χ2v) is 5.89. The van der Waals surface area contributed by atoms with Gasteiger partial charge in [0.1, 0.15) is 17.2 Å². The highest BCUT2D eigenvalue weighted by atomic mass is 127. The van der Waals surface area contributed by atoms with Crippen LogP contribution in [0, 0.1) is 0 Å². The Balaban J connectivity index is 0.00000312. The Kier molecular flexibility index (Phi) is 8.05. The molecule has 0 aliphatic carbocycles. The lowest BCUT2D eigenvalue weighted by Gasteiger charge is -2.21. The molecule has 0 saturated heterocycles. The van der Waals surface area contributed by atoms with Crippen molar-refractivity contribution in [2.75, 3.05) is 13.6 Å². The number of guanidine groups is 1. The first-order valence-corrected chi connectivity index (χ1v) is 8.03. The summed E-state index contributed by atoms with van der Waals surface area (Å²) in [6.45, 7) is 3.09. The molecule has 1 N–H and O–H groups in total. The number of aryl methyl sites for hydroxylation is 1. The van der Waals surface area contributed by atoms with Crippen LogP contribution in [0.5, 0.6) is 0 Å². The fourth-order valence-corrected chi connectivity index (χ4v) is 2.60. The van der Waals surface area contributed by atoms with Crippen molar-refractivity contribution in [1.29, 1.82) is 0 Å². The maximum absolute atomic E-state index is 12.6. The van der Waals surface area contributed by atoms with Gasteiger partial charge in [-0.1, -0.05) is 0 Å². The maximum Gasteiger partial charge on any atom is 0.434 e. The van der Waals surface area contributed by atoms with Gasteiger partial charge in [0.2, 0.25) is 0 Å². The lowest BCUT2D eigenvalue weighted by Crippen LogP contribution is -2.39. The third-order valence-electron chi connectivity index (χ3n) is 3.09. The molecule has 0 amide bonds. The van der Waals surface area contributed by atoms with Crippen LogP contribution in [-0.4, -0.2) is 44.2 Å². The zero-order valence-electron chi connectivity index (χ0n) is 13.9. The van der Waals surface area contributed by atoms with Gasteiger partial charge in [0.05, 0.1) is 13.1 Å². The highest BCUT2D eigenvalue weighted by Gasteiger charge is 2.33. The van der Waals surface area contributed by atoms with E-state index in [9.17, 15) is 13.2 Å². The number of aromatic nitrogens is 4. The third-order valence-corrected chi connectivity index (χ3v) is 3.92. The van der Waals surface area contributed by atoms with Gasteiger partial charge in [0.25, 0.3) is 0 Å². The van der Waals surface area contributed by atoms with Gasteiger partial charge in [-0.3, -0.25) is 4.68 Å². The molecule has 0 aliphatic heterocycles. The highest BCUT2D eigenvalue weighted by molar-refractivity contribution is 14.0. The van der Waals surface area contributed by atoms with Crippen LogP contribution >= 0.6 is 35.3 Å². The molecule has 0 unspecified atom stereocenters. The monoisotopic (exact) mass is 489 g/mol. The van der Waals surface area contributed by atoms with E-state index in [-0.39, 0.29) is 30.5 Å². The largest absolute Gasteiger partial charge is 0.434 e. The smallest absolute Gasteiger partial charge is 0.357 e. The van der Waals surface area contributed by atoms with Crippen LogP contribution in [0.25, 0.3) is 0 Å². The Labute approximate surface area is 164 Å². The SMILES string of the molecule is CCNC(=NCc1nc(C(F)(F)F)cs1)N(C)Cc1ncnn1C.I. The van der Waals surface area contributed by atoms with Gasteiger partial charge >= 0.3 is 6.18 Å². The number of nitrogens with zero attached hydrogens (tertiary/aromatic N) is 6. The van der Waals surface area contributed by atoms with E-state index in [1.807, 2.05) is 18.9 Å². The van der Waals surface area contributed by atoms with Crippen LogP contribution in [0.3, 0.4) is 0 Å². The summed E-state index contributed by atoms with van der Waals surface area (Å²) in [5.41, 5.74) is -0.879. The lowest BCUT2D eigenvalue weighted by atomic mass is 10.5. The van der Waals surface area contributed by atoms with Gasteiger partial charge in [-0.05, 0) is 6.92 Å². The quantitative estimate of drug-likeness (QED) is 0.397. The van der Waals surface area contributed by atoms with Crippen molar-refractivity contribution in [1.82, 2.24) is 30.0 Å². The summed E-state index contributed by atoms with van der Waals surface area (Å²) in [6, 6.07) is 0. The van der Waals surface area contributed by atoms with E-state index < -0.39 is 11.9 Å². The number of thiazole rings is 1. The number of nitrogens with one attached hydrogen (secondary N) is 1. The van der Waals surface area contributed by atoms with Gasteiger partial charge in [0, 0.05) is 26.0 Å². The van der Waals surface area contributed by atoms with Crippen LogP contribution in [0.1, 0.15) is 23.4 Å². The number of aliphatic imine (C=N–C) groups is 1. The van der Waals surface area contributed by atoms with Gasteiger partial charge in [-0.25, -0.2) is 15.0 Å². The van der Waals surface area contributed by atoms with E-state index >= 15 is 0 Å². The molecule has 2 aromatic heterocycles. The molecule has 12 heteroatoms. The van der Waals surface area contributed by atoms with Crippen LogP contribution < -0.4 is 5.32 Å². The molecule has 0 radical (unpaired) electrons. The average molecular weight is 489 g/mol. The topological polar surface area (TPSA) is 71.2 Å². The molecule has 0 aromatic carbocycles. The molecule has 2 heterocycles. The number of rotatable bonds is 5. The molecule has 0 saturated carbocycles. The van der Waals surface area contributed by atoms with Crippen molar-refractivity contribution in [3.63, 3.8) is 0 Å². The molecule has 25 heavy (non-hydrogen) atoms. The van der Waals surface area contributed by atoms with Gasteiger partial charge in [0.15, 0.2) is 11.7 Å². The van der Waals surface area contributed by atoms with E-state index in [1.54, 1.807) is 11.7 Å². The van der Waals surface area contributed by atoms with Gasteiger partial charge in [-0.2, -0.15) is 18.3 Å². The van der Waals surface area contributed by atoms with Crippen LogP contribution in [0.15, 0.2) is 16.7 Å². The van der Waals surface area contributed by atoms with Crippen molar-refractivity contribution >= 4 is 41.3 Å². The molecular formula is C13H19F3IN7S. The Hall–Kier alpha value is -1.44. The van der Waals surface area contributed by atoms with Crippen LogP contribution in [0.4, 0.5) is 13.2 Å². The molecule has 0 spiro atoms. The van der Waals surface area contributed by atoms with E-state index in [2.05, 4.69) is 25.4 Å². The fraction of sp³-hybridized carbons (Fsp3) is 0.538. The number of halogens is 4. The summed E-state index contributed by atoms with van der Waals surface area (Å²) >= 11 is 0.945. The summed E-state index contributed by atoms with van der Waals surface area (Å²) in [6.07, 6.45) is -2.97. The minimum atomic E-state index is -4.43. The molecule has 0 fully saturated rings. The van der Waals surface area contributed by atoms with E-state index in [1.165, 1.54) is 6.33 Å². The highest BCUT2D eigenvalue weighted by Crippen LogP contribution is 2.30. The Morgan fingerprint density at radius 1 is 1.44 bits per heavy atom. The molecule has 140 valence electrons. The number of alkyl halides is 3. The molecule has 7 nitrogen and oxygen atoms in total. The predicted octanol–water partition coefficient (Wildman–Crippen LogP) is 2.51. The number of hydrogen-bond acceptors (Lipinski definition) is 5. The second kappa shape index (κ2) is 9.31. The van der Waals surface area contributed by atoms with Crippen LogP contribution in [0.2, 0.25) is 0 Å².